The van der Waals surface area contributed by atoms with Gasteiger partial charge < -0.3 is 9.80 Å². The maximum atomic E-state index is 13.7. The first-order valence-corrected chi connectivity index (χ1v) is 13.9. The monoisotopic (exact) mass is 532 g/mol. The lowest BCUT2D eigenvalue weighted by molar-refractivity contribution is 0.0668. The minimum atomic E-state index is -1.46. The van der Waals surface area contributed by atoms with Gasteiger partial charge in [0.2, 0.25) is 0 Å². The van der Waals surface area contributed by atoms with E-state index >= 15 is 0 Å². The van der Waals surface area contributed by atoms with Crippen LogP contribution in [0.1, 0.15) is 28.8 Å². The molecule has 6 nitrogen and oxygen atoms in total. The van der Waals surface area contributed by atoms with Crippen molar-refractivity contribution in [3.05, 3.63) is 107 Å². The first kappa shape index (κ1) is 25.2. The lowest BCUT2D eigenvalue weighted by Crippen LogP contribution is -2.48. The number of carbonyl (C=O) groups excluding carboxylic acids is 1. The zero-order valence-corrected chi connectivity index (χ0v) is 22.1. The molecule has 0 aromatic heterocycles. The second-order valence-electron chi connectivity index (χ2n) is 9.01. The van der Waals surface area contributed by atoms with Crippen LogP contribution < -0.4 is 4.31 Å². The largest absolute Gasteiger partial charge is 0.353 e. The van der Waals surface area contributed by atoms with E-state index in [0.717, 1.165) is 43.0 Å². The number of carbonyl (C=O) groups is 1. The molecule has 2 aliphatic heterocycles. The summed E-state index contributed by atoms with van der Waals surface area (Å²) in [6.45, 7) is 3.20. The van der Waals surface area contributed by atoms with Crippen molar-refractivity contribution >= 4 is 40.4 Å². The van der Waals surface area contributed by atoms with Crippen molar-refractivity contribution < 1.29 is 9.00 Å². The van der Waals surface area contributed by atoms with Gasteiger partial charge in [0.1, 0.15) is 5.82 Å². The van der Waals surface area contributed by atoms with Crippen LogP contribution in [0.5, 0.6) is 0 Å². The molecule has 0 saturated carbocycles. The molecule has 5 rings (SSSR count). The molecule has 3 aromatic rings. The van der Waals surface area contributed by atoms with Crippen LogP contribution in [-0.2, 0) is 17.5 Å². The van der Waals surface area contributed by atoms with Crippen molar-refractivity contribution in [1.29, 1.82) is 0 Å². The predicted molar refractivity (Wildman–Crippen MR) is 150 cm³/mol. The Hall–Kier alpha value is -3.42. The number of piperazine rings is 1. The van der Waals surface area contributed by atoms with Crippen LogP contribution in [0.15, 0.2) is 101 Å². The molecule has 2 aliphatic rings. The number of hydrogen-bond acceptors (Lipinski definition) is 4. The minimum Gasteiger partial charge on any atom is -0.353 e. The van der Waals surface area contributed by atoms with Gasteiger partial charge in [-0.15, -0.1) is 0 Å². The fourth-order valence-corrected chi connectivity index (χ4v) is 5.83. The van der Waals surface area contributed by atoms with Crippen LogP contribution in [0.2, 0.25) is 5.02 Å². The van der Waals surface area contributed by atoms with Gasteiger partial charge in [-0.25, -0.2) is 9.20 Å². The molecule has 0 aliphatic carbocycles. The molecule has 2 heterocycles. The Labute approximate surface area is 225 Å². The van der Waals surface area contributed by atoms with Crippen molar-refractivity contribution in [1.82, 2.24) is 9.80 Å². The van der Waals surface area contributed by atoms with Crippen molar-refractivity contribution in [2.75, 3.05) is 30.5 Å². The lowest BCUT2D eigenvalue weighted by atomic mass is 10.1. The second kappa shape index (κ2) is 11.8. The van der Waals surface area contributed by atoms with E-state index in [1.807, 2.05) is 94.3 Å². The number of allylic oxidation sites excluding steroid dienone is 1. The molecule has 1 amide bonds. The van der Waals surface area contributed by atoms with Crippen LogP contribution in [0.3, 0.4) is 0 Å². The van der Waals surface area contributed by atoms with E-state index in [1.54, 1.807) is 0 Å². The summed E-state index contributed by atoms with van der Waals surface area (Å²) in [5, 5.41) is 0.652. The summed E-state index contributed by atoms with van der Waals surface area (Å²) in [6, 6.07) is 24.3. The van der Waals surface area contributed by atoms with E-state index < -0.39 is 11.0 Å². The number of nitrogens with zero attached hydrogens (tertiary/aromatic N) is 4. The van der Waals surface area contributed by atoms with Gasteiger partial charge in [-0.05, 0) is 66.9 Å². The zero-order valence-electron chi connectivity index (χ0n) is 20.5. The Balaban J connectivity index is 1.36. The van der Waals surface area contributed by atoms with Crippen LogP contribution in [0, 0.1) is 0 Å². The maximum absolute atomic E-state index is 13.7. The average molecular weight is 533 g/mol. The summed E-state index contributed by atoms with van der Waals surface area (Å²) < 4.78 is 15.5. The van der Waals surface area contributed by atoms with E-state index in [0.29, 0.717) is 35.1 Å². The Morgan fingerprint density at radius 2 is 1.68 bits per heavy atom. The highest BCUT2D eigenvalue weighted by Gasteiger charge is 2.25. The van der Waals surface area contributed by atoms with Crippen molar-refractivity contribution in [3.63, 3.8) is 0 Å². The molecule has 1 fully saturated rings. The molecule has 37 heavy (non-hydrogen) atoms. The zero-order chi connectivity index (χ0) is 25.6. The highest BCUT2D eigenvalue weighted by Crippen LogP contribution is 2.26. The second-order valence-corrected chi connectivity index (χ2v) is 10.9. The predicted octanol–water partition coefficient (Wildman–Crippen LogP) is 5.53. The number of hydrogen-bond donors (Lipinski definition) is 0. The van der Waals surface area contributed by atoms with E-state index in [9.17, 15) is 9.00 Å². The first-order chi connectivity index (χ1) is 18.1. The van der Waals surface area contributed by atoms with Gasteiger partial charge in [0.25, 0.3) is 5.91 Å². The maximum Gasteiger partial charge on any atom is 0.254 e. The minimum absolute atomic E-state index is 0.0143. The molecule has 190 valence electrons. The smallest absolute Gasteiger partial charge is 0.254 e. The summed E-state index contributed by atoms with van der Waals surface area (Å²) in [5.74, 6) is 1.00. The van der Waals surface area contributed by atoms with E-state index in [2.05, 4.69) is 16.0 Å². The molecule has 8 heteroatoms. The Bertz CT molecular complexity index is 1320. The summed E-state index contributed by atoms with van der Waals surface area (Å²) in [4.78, 5) is 22.8. The van der Waals surface area contributed by atoms with Gasteiger partial charge in [-0.2, -0.15) is 0 Å². The standard InChI is InChI=1S/C29H29ClN4O2S/c30-25-14-12-23(13-15-25)22-34(37(36)27-9-2-1-3-10-27)26-8-6-7-24(21-26)29(35)33-19-17-32(18-20-33)28-11-4-5-16-31-28/h1-3,6-16,21H,4-5,17-20,22H2. The van der Waals surface area contributed by atoms with E-state index in [-0.39, 0.29) is 5.91 Å². The molecular weight excluding hydrogens is 504 g/mol. The lowest BCUT2D eigenvalue weighted by Gasteiger charge is -2.36. The Kier molecular flexibility index (Phi) is 8.02. The number of aliphatic imine (C=N–C) groups is 1. The summed E-state index contributed by atoms with van der Waals surface area (Å²) in [6.07, 6.45) is 6.14. The van der Waals surface area contributed by atoms with Gasteiger partial charge in [0.15, 0.2) is 11.0 Å². The van der Waals surface area contributed by atoms with Crippen molar-refractivity contribution in [3.8, 4) is 0 Å². The third-order valence-electron chi connectivity index (χ3n) is 6.50. The Morgan fingerprint density at radius 3 is 2.38 bits per heavy atom. The SMILES string of the molecule is O=C(c1cccc(N(Cc2ccc(Cl)cc2)S(=O)c2ccccc2)c1)N1CCN(C2=CCCC=N2)CC1. The third kappa shape index (κ3) is 6.12. The molecule has 0 spiro atoms. The molecule has 1 saturated heterocycles. The summed E-state index contributed by atoms with van der Waals surface area (Å²) >= 11 is 6.08. The molecular formula is C29H29ClN4O2S. The first-order valence-electron chi connectivity index (χ1n) is 12.4. The summed E-state index contributed by atoms with van der Waals surface area (Å²) in [5.41, 5.74) is 2.29. The molecule has 1 unspecified atom stereocenters. The quantitative estimate of drug-likeness (QED) is 0.402. The van der Waals surface area contributed by atoms with Gasteiger partial charge in [-0.1, -0.05) is 48.0 Å². The summed E-state index contributed by atoms with van der Waals surface area (Å²) in [7, 11) is -1.46. The Morgan fingerprint density at radius 1 is 0.919 bits per heavy atom. The van der Waals surface area contributed by atoms with Crippen LogP contribution >= 0.6 is 11.6 Å². The van der Waals surface area contributed by atoms with Crippen LogP contribution in [0.25, 0.3) is 0 Å². The fraction of sp³-hybridized carbons (Fsp3) is 0.241. The molecule has 0 N–H and O–H groups in total. The van der Waals surface area contributed by atoms with Crippen molar-refractivity contribution in [2.24, 2.45) is 4.99 Å². The number of anilines is 1. The van der Waals surface area contributed by atoms with Crippen LogP contribution in [-0.4, -0.2) is 52.3 Å². The molecule has 0 bridgehead atoms. The molecule has 1 atom stereocenters. The average Bonchev–Trinajstić information content (AvgIpc) is 2.97. The third-order valence-corrected chi connectivity index (χ3v) is 8.17. The van der Waals surface area contributed by atoms with E-state index in [1.165, 1.54) is 0 Å². The highest BCUT2D eigenvalue weighted by molar-refractivity contribution is 7.86. The van der Waals surface area contributed by atoms with Gasteiger partial charge in [0.05, 0.1) is 17.1 Å². The van der Waals surface area contributed by atoms with Gasteiger partial charge in [-0.3, -0.25) is 9.10 Å². The fourth-order valence-electron chi connectivity index (χ4n) is 4.49. The number of halogens is 1. The van der Waals surface area contributed by atoms with Gasteiger partial charge in [0, 0.05) is 43.0 Å². The normalized spacial score (nSPS) is 16.3. The number of rotatable bonds is 7. The van der Waals surface area contributed by atoms with Crippen molar-refractivity contribution in [2.45, 2.75) is 24.3 Å². The molecule has 3 aromatic carbocycles. The van der Waals surface area contributed by atoms with Crippen LogP contribution in [0.4, 0.5) is 5.69 Å². The number of amides is 1. The van der Waals surface area contributed by atoms with Gasteiger partial charge >= 0.3 is 0 Å². The topological polar surface area (TPSA) is 56.2 Å². The number of benzene rings is 3. The molecule has 0 radical (unpaired) electrons. The van der Waals surface area contributed by atoms with E-state index in [4.69, 9.17) is 11.6 Å². The highest BCUT2D eigenvalue weighted by atomic mass is 35.5.